The number of halogens is 15. The van der Waals surface area contributed by atoms with Crippen LogP contribution in [0.1, 0.15) is 13.3 Å². The number of hydrogen-bond donors (Lipinski definition) is 0. The lowest BCUT2D eigenvalue weighted by Crippen LogP contribution is -3.07. The Morgan fingerprint density at radius 1 is 0.606 bits per heavy atom. The second-order valence-corrected chi connectivity index (χ2v) is 7.99. The molecule has 0 N–H and O–H groups in total. The zero-order valence-electron chi connectivity index (χ0n) is 15.6. The Balaban J connectivity index is 2.47. The van der Waals surface area contributed by atoms with Crippen molar-refractivity contribution in [3.63, 3.8) is 0 Å². The molecule has 0 unspecified atom stereocenters. The minimum Gasteiger partial charge on any atom is -0.462 e. The maximum Gasteiger partial charge on any atom is 0.339 e. The van der Waals surface area contributed by atoms with Crippen LogP contribution in [0.5, 0.6) is 0 Å². The third-order valence-corrected chi connectivity index (χ3v) is 6.56. The third-order valence-electron chi connectivity index (χ3n) is 6.56. The summed E-state index contributed by atoms with van der Waals surface area (Å²) < 4.78 is 222. The molecule has 0 atom stereocenters. The molecule has 4 aliphatic rings. The molecule has 0 aromatic heterocycles. The first-order valence-electron chi connectivity index (χ1n) is 8.49. The first kappa shape index (κ1) is 25.8. The van der Waals surface area contributed by atoms with Crippen molar-refractivity contribution < 1.29 is 75.4 Å². The molecule has 0 heterocycles. The van der Waals surface area contributed by atoms with E-state index in [2.05, 4.69) is 11.3 Å². The smallest absolute Gasteiger partial charge is 0.339 e. The van der Waals surface area contributed by atoms with Crippen molar-refractivity contribution in [2.75, 3.05) is 6.61 Å². The minimum absolute atomic E-state index is 0.665. The van der Waals surface area contributed by atoms with Gasteiger partial charge in [-0.15, -0.1) is 0 Å². The summed E-state index contributed by atoms with van der Waals surface area (Å²) in [6, 6.07) is 0. The molecule has 17 heteroatoms. The molecule has 0 radical (unpaired) electrons. The fraction of sp³-hybridized carbons (Fsp3) is 0.812. The molecular weight excluding hydrogens is 509 g/mol. The monoisotopic (exact) mass is 518 g/mol. The zero-order valence-corrected chi connectivity index (χ0v) is 15.6. The Morgan fingerprint density at radius 3 is 1.12 bits per heavy atom. The summed E-state index contributed by atoms with van der Waals surface area (Å²) in [4.78, 5) is 11.2. The van der Waals surface area contributed by atoms with Crippen LogP contribution in [0.2, 0.25) is 0 Å². The Kier molecular flexibility index (Phi) is 4.44. The highest BCUT2D eigenvalue weighted by Crippen LogP contribution is 2.91. The molecule has 33 heavy (non-hydrogen) atoms. The molecule has 4 aliphatic carbocycles. The van der Waals surface area contributed by atoms with E-state index in [1.807, 2.05) is 0 Å². The van der Waals surface area contributed by atoms with E-state index >= 15 is 0 Å². The fourth-order valence-electron chi connectivity index (χ4n) is 4.85. The minimum atomic E-state index is -7.82. The van der Waals surface area contributed by atoms with Gasteiger partial charge in [0.1, 0.15) is 0 Å². The van der Waals surface area contributed by atoms with E-state index in [0.717, 1.165) is 6.92 Å². The van der Waals surface area contributed by atoms with Gasteiger partial charge in [0.05, 0.1) is 6.61 Å². The molecule has 0 aromatic carbocycles. The summed E-state index contributed by atoms with van der Waals surface area (Å²) >= 11 is 0. The van der Waals surface area contributed by atoms with E-state index in [1.165, 1.54) is 0 Å². The molecule has 4 rings (SSSR count). The van der Waals surface area contributed by atoms with Crippen LogP contribution in [0.15, 0.2) is 12.2 Å². The molecule has 0 aliphatic heterocycles. The number of rotatable bonds is 4. The van der Waals surface area contributed by atoms with Gasteiger partial charge >= 0.3 is 58.5 Å². The van der Waals surface area contributed by atoms with E-state index in [4.69, 9.17) is 0 Å². The molecule has 0 saturated heterocycles. The summed E-state index contributed by atoms with van der Waals surface area (Å²) in [7, 11) is 0. The second-order valence-electron chi connectivity index (χ2n) is 7.99. The number of hydrogen-bond acceptors (Lipinski definition) is 2. The van der Waals surface area contributed by atoms with Gasteiger partial charge in [0, 0.05) is 12.0 Å². The molecule has 0 spiro atoms. The standard InChI is InChI=1S/C16H9F15O2/c1-5(2)6(32)33-4-3-7-11(20,21)8(17)14(26,27)9(18,12(7,22)23)16(30,31)10(19,13(7,24)25)15(8,28)29/h1,3-4H2,2H3. The van der Waals surface area contributed by atoms with Crippen LogP contribution < -0.4 is 0 Å². The molecule has 4 bridgehead atoms. The number of carbonyl (C=O) groups excluding carboxylic acids is 1. The fourth-order valence-corrected chi connectivity index (χ4v) is 4.85. The quantitative estimate of drug-likeness (QED) is 0.281. The van der Waals surface area contributed by atoms with Crippen LogP contribution in [0, 0.1) is 5.41 Å². The van der Waals surface area contributed by atoms with Crippen molar-refractivity contribution in [3.05, 3.63) is 12.2 Å². The highest BCUT2D eigenvalue weighted by Gasteiger charge is 3.22. The van der Waals surface area contributed by atoms with Crippen LogP contribution >= 0.6 is 0 Å². The maximum absolute atomic E-state index is 14.8. The summed E-state index contributed by atoms with van der Waals surface area (Å²) in [6.07, 6.45) is -3.09. The maximum atomic E-state index is 14.8. The van der Waals surface area contributed by atoms with Gasteiger partial charge < -0.3 is 4.74 Å². The summed E-state index contributed by atoms with van der Waals surface area (Å²) in [5.74, 6) is -47.6. The molecular formula is C16H9F15O2. The average molecular weight is 518 g/mol. The lowest BCUT2D eigenvalue weighted by Gasteiger charge is -2.75. The van der Waals surface area contributed by atoms with Crippen LogP contribution in [0.4, 0.5) is 65.9 Å². The Labute approximate surface area is 172 Å². The van der Waals surface area contributed by atoms with Crippen molar-refractivity contribution >= 4 is 5.97 Å². The van der Waals surface area contributed by atoms with Crippen molar-refractivity contribution in [3.8, 4) is 0 Å². The number of esters is 1. The predicted octanol–water partition coefficient (Wildman–Crippen LogP) is 5.46. The SMILES string of the molecule is C=C(C)C(=O)OCCC12C(F)(F)C3(F)C(F)(F)C(F)(C(F)(F)C(F)(C3(F)F)C1(F)F)C2(F)F. The molecule has 190 valence electrons. The van der Waals surface area contributed by atoms with Crippen LogP contribution in [-0.2, 0) is 9.53 Å². The Morgan fingerprint density at radius 2 is 0.879 bits per heavy atom. The van der Waals surface area contributed by atoms with Gasteiger partial charge in [0.2, 0.25) is 0 Å². The first-order valence-corrected chi connectivity index (χ1v) is 8.49. The van der Waals surface area contributed by atoms with Gasteiger partial charge in [-0.1, -0.05) is 6.58 Å². The average Bonchev–Trinajstić information content (AvgIpc) is 2.64. The predicted molar refractivity (Wildman–Crippen MR) is 74.0 cm³/mol. The first-order chi connectivity index (χ1) is 14.3. The van der Waals surface area contributed by atoms with Gasteiger partial charge in [-0.3, -0.25) is 0 Å². The number of carbonyl (C=O) groups is 1. The lowest BCUT2D eigenvalue weighted by atomic mass is 9.36. The van der Waals surface area contributed by atoms with Gasteiger partial charge in [0.25, 0.3) is 0 Å². The molecule has 4 fully saturated rings. The Bertz CT molecular complexity index is 825. The number of ether oxygens (including phenoxy) is 1. The lowest BCUT2D eigenvalue weighted by molar-refractivity contribution is -0.613. The molecule has 4 saturated carbocycles. The topological polar surface area (TPSA) is 26.3 Å². The summed E-state index contributed by atoms with van der Waals surface area (Å²) in [5, 5.41) is 0. The van der Waals surface area contributed by atoms with E-state index in [0.29, 0.717) is 0 Å². The molecule has 2 nitrogen and oxygen atoms in total. The van der Waals surface area contributed by atoms with Crippen LogP contribution in [-0.4, -0.2) is 65.1 Å². The van der Waals surface area contributed by atoms with Crippen molar-refractivity contribution in [1.82, 2.24) is 0 Å². The van der Waals surface area contributed by atoms with Gasteiger partial charge in [-0.05, 0) is 6.92 Å². The van der Waals surface area contributed by atoms with E-state index < -0.39 is 82.5 Å². The second kappa shape index (κ2) is 5.69. The molecule has 0 aromatic rings. The third kappa shape index (κ3) is 1.74. The molecule has 0 amide bonds. The van der Waals surface area contributed by atoms with Crippen LogP contribution in [0.25, 0.3) is 0 Å². The van der Waals surface area contributed by atoms with E-state index in [-0.39, 0.29) is 0 Å². The summed E-state index contributed by atoms with van der Waals surface area (Å²) in [5.41, 5.74) is -30.1. The van der Waals surface area contributed by atoms with E-state index in [1.54, 1.807) is 0 Å². The van der Waals surface area contributed by atoms with E-state index in [9.17, 15) is 70.7 Å². The van der Waals surface area contributed by atoms with Crippen molar-refractivity contribution in [1.29, 1.82) is 0 Å². The van der Waals surface area contributed by atoms with Crippen molar-refractivity contribution in [2.24, 2.45) is 5.41 Å². The van der Waals surface area contributed by atoms with Gasteiger partial charge in [0.15, 0.2) is 5.41 Å². The highest BCUT2D eigenvalue weighted by atomic mass is 19.3. The normalized spacial score (nSPS) is 44.4. The van der Waals surface area contributed by atoms with Crippen molar-refractivity contribution in [2.45, 2.75) is 65.9 Å². The highest BCUT2D eigenvalue weighted by molar-refractivity contribution is 5.86. The number of alkyl halides is 15. The van der Waals surface area contributed by atoms with Gasteiger partial charge in [-0.2, -0.15) is 26.3 Å². The van der Waals surface area contributed by atoms with Crippen LogP contribution in [0.3, 0.4) is 0 Å². The Hall–Kier alpha value is -1.84. The van der Waals surface area contributed by atoms with Gasteiger partial charge in [-0.25, -0.2) is 44.3 Å². The largest absolute Gasteiger partial charge is 0.462 e. The summed E-state index contributed by atoms with van der Waals surface area (Å²) in [6.45, 7) is 1.47. The zero-order chi connectivity index (χ0) is 26.3.